The van der Waals surface area contributed by atoms with Crippen molar-refractivity contribution in [2.24, 2.45) is 10.9 Å². The lowest BCUT2D eigenvalue weighted by Crippen LogP contribution is -2.41. The van der Waals surface area contributed by atoms with E-state index < -0.39 is 0 Å². The van der Waals surface area contributed by atoms with E-state index in [2.05, 4.69) is 53.2 Å². The molecule has 0 aliphatic carbocycles. The van der Waals surface area contributed by atoms with Crippen molar-refractivity contribution in [3.05, 3.63) is 29.8 Å². The minimum absolute atomic E-state index is 0. The molecule has 0 spiro atoms. The van der Waals surface area contributed by atoms with Gasteiger partial charge >= 0.3 is 0 Å². The first-order chi connectivity index (χ1) is 10.8. The Morgan fingerprint density at radius 1 is 1.26 bits per heavy atom. The maximum atomic E-state index is 4.95. The molecule has 2 aliphatic heterocycles. The summed E-state index contributed by atoms with van der Waals surface area (Å²) in [5, 5.41) is 3.48. The predicted molar refractivity (Wildman–Crippen MR) is 109 cm³/mol. The average molecular weight is 428 g/mol. The number of fused-ring (bicyclic) bond motifs is 1. The maximum absolute atomic E-state index is 4.95. The van der Waals surface area contributed by atoms with Crippen molar-refractivity contribution in [2.75, 3.05) is 44.2 Å². The predicted octanol–water partition coefficient (Wildman–Crippen LogP) is 2.97. The van der Waals surface area contributed by atoms with Crippen molar-refractivity contribution in [1.29, 1.82) is 0 Å². The van der Waals surface area contributed by atoms with E-state index in [1.165, 1.54) is 37.3 Å². The van der Waals surface area contributed by atoms with E-state index in [0.717, 1.165) is 32.0 Å². The number of hydrogen-bond acceptors (Lipinski definition) is 2. The highest BCUT2D eigenvalue weighted by molar-refractivity contribution is 14.0. The van der Waals surface area contributed by atoms with Crippen LogP contribution in [0.5, 0.6) is 0 Å². The molecule has 1 fully saturated rings. The van der Waals surface area contributed by atoms with Crippen LogP contribution in [0.2, 0.25) is 0 Å². The van der Waals surface area contributed by atoms with E-state index >= 15 is 0 Å². The van der Waals surface area contributed by atoms with E-state index in [0.29, 0.717) is 5.92 Å². The van der Waals surface area contributed by atoms with Gasteiger partial charge in [-0.3, -0.25) is 4.99 Å². The molecule has 1 aromatic carbocycles. The fourth-order valence-electron chi connectivity index (χ4n) is 3.52. The molecule has 1 unspecified atom stereocenters. The molecule has 1 saturated heterocycles. The topological polar surface area (TPSA) is 30.9 Å². The Hall–Kier alpha value is -0.820. The Bertz CT molecular complexity index is 532. The molecule has 1 N–H and O–H groups in total. The van der Waals surface area contributed by atoms with Crippen LogP contribution < -0.4 is 10.2 Å². The summed E-state index contributed by atoms with van der Waals surface area (Å²) in [7, 11) is 0. The average Bonchev–Trinajstić information content (AvgIpc) is 3.18. The zero-order valence-corrected chi connectivity index (χ0v) is 16.6. The van der Waals surface area contributed by atoms with Crippen LogP contribution in [0.25, 0.3) is 0 Å². The second-order valence-corrected chi connectivity index (χ2v) is 6.27. The van der Waals surface area contributed by atoms with Crippen LogP contribution in [0.3, 0.4) is 0 Å². The molecule has 23 heavy (non-hydrogen) atoms. The minimum atomic E-state index is 0. The quantitative estimate of drug-likeness (QED) is 0.455. The zero-order chi connectivity index (χ0) is 15.4. The second-order valence-electron chi connectivity index (χ2n) is 6.27. The molecule has 1 aromatic rings. The van der Waals surface area contributed by atoms with E-state index in [1.807, 2.05) is 0 Å². The summed E-state index contributed by atoms with van der Waals surface area (Å²) in [5.74, 6) is 1.77. The van der Waals surface area contributed by atoms with Gasteiger partial charge in [0.15, 0.2) is 5.96 Å². The highest BCUT2D eigenvalue weighted by Crippen LogP contribution is 2.27. The molecular formula is C18H29IN4. The standard InChI is InChI=1S/C18H28N4.HI/c1-3-19-18(20-13-15-9-11-21(4-2)14-15)22-12-10-16-7-5-6-8-17(16)22;/h5-8,15H,3-4,9-14H2,1-2H3,(H,19,20);1H. The number of benzene rings is 1. The third-order valence-electron chi connectivity index (χ3n) is 4.79. The second kappa shape index (κ2) is 8.87. The van der Waals surface area contributed by atoms with Gasteiger partial charge in [-0.25, -0.2) is 0 Å². The van der Waals surface area contributed by atoms with Crippen LogP contribution in [-0.2, 0) is 6.42 Å². The van der Waals surface area contributed by atoms with Crippen LogP contribution in [0, 0.1) is 5.92 Å². The van der Waals surface area contributed by atoms with Crippen molar-refractivity contribution in [3.8, 4) is 0 Å². The van der Waals surface area contributed by atoms with Crippen LogP contribution in [0.1, 0.15) is 25.8 Å². The van der Waals surface area contributed by atoms with Crippen molar-refractivity contribution in [1.82, 2.24) is 10.2 Å². The number of guanidine groups is 1. The lowest BCUT2D eigenvalue weighted by Gasteiger charge is -2.23. The number of rotatable bonds is 4. The van der Waals surface area contributed by atoms with Crippen molar-refractivity contribution in [3.63, 3.8) is 0 Å². The number of nitrogens with zero attached hydrogens (tertiary/aromatic N) is 3. The Kier molecular flexibility index (Phi) is 7.14. The molecule has 3 rings (SSSR count). The molecule has 1 atom stereocenters. The highest BCUT2D eigenvalue weighted by Gasteiger charge is 2.24. The molecule has 0 radical (unpaired) electrons. The molecule has 128 valence electrons. The van der Waals surface area contributed by atoms with Gasteiger partial charge in [-0.2, -0.15) is 0 Å². The Morgan fingerprint density at radius 2 is 2.09 bits per heavy atom. The molecule has 0 bridgehead atoms. The highest BCUT2D eigenvalue weighted by atomic mass is 127. The molecule has 4 nitrogen and oxygen atoms in total. The number of para-hydroxylation sites is 1. The SMILES string of the molecule is CCNC(=NCC1CCN(CC)C1)N1CCc2ccccc21.I. The Morgan fingerprint density at radius 3 is 2.83 bits per heavy atom. The summed E-state index contributed by atoms with van der Waals surface area (Å²) in [6.45, 7) is 10.9. The van der Waals surface area contributed by atoms with Gasteiger partial charge in [0.25, 0.3) is 0 Å². The van der Waals surface area contributed by atoms with Crippen LogP contribution >= 0.6 is 24.0 Å². The number of likely N-dealkylation sites (tertiary alicyclic amines) is 1. The number of hydrogen-bond donors (Lipinski definition) is 1. The summed E-state index contributed by atoms with van der Waals surface area (Å²) in [5.41, 5.74) is 2.76. The summed E-state index contributed by atoms with van der Waals surface area (Å²) in [6, 6.07) is 8.69. The third-order valence-corrected chi connectivity index (χ3v) is 4.79. The molecule has 5 heteroatoms. The van der Waals surface area contributed by atoms with Gasteiger partial charge < -0.3 is 15.1 Å². The molecule has 0 amide bonds. The number of halogens is 1. The minimum Gasteiger partial charge on any atom is -0.356 e. The van der Waals surface area contributed by atoms with Crippen LogP contribution in [-0.4, -0.2) is 50.1 Å². The first-order valence-corrected chi connectivity index (χ1v) is 8.68. The Balaban J connectivity index is 0.00000192. The van der Waals surface area contributed by atoms with Gasteiger partial charge in [0, 0.05) is 31.9 Å². The number of aliphatic imine (C=N–C) groups is 1. The summed E-state index contributed by atoms with van der Waals surface area (Å²) in [6.07, 6.45) is 2.40. The van der Waals surface area contributed by atoms with Gasteiger partial charge in [0.2, 0.25) is 0 Å². The van der Waals surface area contributed by atoms with Gasteiger partial charge in [0.1, 0.15) is 0 Å². The Labute approximate surface area is 157 Å². The normalized spacial score (nSPS) is 21.2. The zero-order valence-electron chi connectivity index (χ0n) is 14.3. The molecule has 2 heterocycles. The largest absolute Gasteiger partial charge is 0.356 e. The first kappa shape index (κ1) is 18.5. The van der Waals surface area contributed by atoms with E-state index in [9.17, 15) is 0 Å². The summed E-state index contributed by atoms with van der Waals surface area (Å²) >= 11 is 0. The molecular weight excluding hydrogens is 399 g/mol. The fourth-order valence-corrected chi connectivity index (χ4v) is 3.52. The lowest BCUT2D eigenvalue weighted by atomic mass is 10.1. The van der Waals surface area contributed by atoms with Gasteiger partial charge in [0.05, 0.1) is 0 Å². The summed E-state index contributed by atoms with van der Waals surface area (Å²) in [4.78, 5) is 9.83. The van der Waals surface area contributed by atoms with Crippen LogP contribution in [0.15, 0.2) is 29.3 Å². The maximum Gasteiger partial charge on any atom is 0.198 e. The fraction of sp³-hybridized carbons (Fsp3) is 0.611. The van der Waals surface area contributed by atoms with Crippen molar-refractivity contribution in [2.45, 2.75) is 26.7 Å². The number of nitrogens with one attached hydrogen (secondary N) is 1. The lowest BCUT2D eigenvalue weighted by molar-refractivity contribution is 0.343. The number of anilines is 1. The smallest absolute Gasteiger partial charge is 0.198 e. The van der Waals surface area contributed by atoms with E-state index in [4.69, 9.17) is 4.99 Å². The van der Waals surface area contributed by atoms with Crippen molar-refractivity contribution >= 4 is 35.6 Å². The summed E-state index contributed by atoms with van der Waals surface area (Å²) < 4.78 is 0. The molecule has 0 aromatic heterocycles. The van der Waals surface area contributed by atoms with E-state index in [1.54, 1.807) is 0 Å². The monoisotopic (exact) mass is 428 g/mol. The van der Waals surface area contributed by atoms with Gasteiger partial charge in [-0.15, -0.1) is 24.0 Å². The first-order valence-electron chi connectivity index (χ1n) is 8.68. The van der Waals surface area contributed by atoms with Gasteiger partial charge in [-0.1, -0.05) is 25.1 Å². The third kappa shape index (κ3) is 4.38. The molecule has 2 aliphatic rings. The molecule has 0 saturated carbocycles. The van der Waals surface area contributed by atoms with Crippen LogP contribution in [0.4, 0.5) is 5.69 Å². The van der Waals surface area contributed by atoms with E-state index in [-0.39, 0.29) is 24.0 Å². The van der Waals surface area contributed by atoms with Gasteiger partial charge in [-0.05, 0) is 50.4 Å². The van der Waals surface area contributed by atoms with Crippen molar-refractivity contribution < 1.29 is 0 Å².